The van der Waals surface area contributed by atoms with Crippen molar-refractivity contribution in [3.63, 3.8) is 0 Å². The quantitative estimate of drug-likeness (QED) is 0.310. The third-order valence-corrected chi connectivity index (χ3v) is 8.64. The summed E-state index contributed by atoms with van der Waals surface area (Å²) in [6.45, 7) is 8.95. The van der Waals surface area contributed by atoms with Crippen LogP contribution in [0.1, 0.15) is 85.0 Å². The van der Waals surface area contributed by atoms with Crippen molar-refractivity contribution in [3.05, 3.63) is 88.5 Å². The van der Waals surface area contributed by atoms with Gasteiger partial charge in [0.25, 0.3) is 15.9 Å². The number of hydrogen-bond acceptors (Lipinski definition) is 5. The highest BCUT2D eigenvalue weighted by atomic mass is 32.2. The average Bonchev–Trinajstić information content (AvgIpc) is 3.72. The Bertz CT molecular complexity index is 1490. The van der Waals surface area contributed by atoms with Gasteiger partial charge < -0.3 is 10.2 Å². The van der Waals surface area contributed by atoms with Crippen LogP contribution < -0.4 is 10.0 Å². The first-order valence-electron chi connectivity index (χ1n) is 14.2. The van der Waals surface area contributed by atoms with Gasteiger partial charge in [0.05, 0.1) is 11.3 Å². The van der Waals surface area contributed by atoms with Crippen LogP contribution in [0.25, 0.3) is 11.1 Å². The van der Waals surface area contributed by atoms with Crippen LogP contribution in [-0.2, 0) is 27.8 Å². The summed E-state index contributed by atoms with van der Waals surface area (Å²) in [5.74, 6) is -0.447. The molecule has 41 heavy (non-hydrogen) atoms. The zero-order valence-corrected chi connectivity index (χ0v) is 25.6. The normalized spacial score (nSPS) is 13.6. The molecule has 0 bridgehead atoms. The van der Waals surface area contributed by atoms with Gasteiger partial charge in [0.1, 0.15) is 0 Å². The molecule has 3 aromatic carbocycles. The van der Waals surface area contributed by atoms with Crippen LogP contribution in [0.3, 0.4) is 0 Å². The highest BCUT2D eigenvalue weighted by Crippen LogP contribution is 2.34. The lowest BCUT2D eigenvalue weighted by Crippen LogP contribution is -2.32. The van der Waals surface area contributed by atoms with Gasteiger partial charge in [-0.05, 0) is 96.4 Å². The lowest BCUT2D eigenvalue weighted by molar-refractivity contribution is -0.118. The van der Waals surface area contributed by atoms with Crippen LogP contribution >= 0.6 is 0 Å². The summed E-state index contributed by atoms with van der Waals surface area (Å²) in [5, 5.41) is 3.04. The van der Waals surface area contributed by atoms with Crippen molar-refractivity contribution in [1.82, 2.24) is 14.9 Å². The molecule has 7 nitrogen and oxygen atoms in total. The van der Waals surface area contributed by atoms with E-state index in [0.29, 0.717) is 12.1 Å². The van der Waals surface area contributed by atoms with E-state index >= 15 is 0 Å². The Kier molecular flexibility index (Phi) is 9.34. The molecule has 2 N–H and O–H groups in total. The highest BCUT2D eigenvalue weighted by Gasteiger charge is 2.25. The molecule has 0 aliphatic heterocycles. The van der Waals surface area contributed by atoms with E-state index in [4.69, 9.17) is 0 Å². The number of nitrogens with zero attached hydrogens (tertiary/aromatic N) is 1. The van der Waals surface area contributed by atoms with Crippen LogP contribution in [-0.4, -0.2) is 45.3 Å². The van der Waals surface area contributed by atoms with E-state index in [9.17, 15) is 18.0 Å². The standard InChI is InChI=1S/C33H41N3O4S/c1-21(2)29-17-26(24-8-7-9-25(16-24)33(38)34-27-12-13-27)18-30(22(3)4)31(29)19-32(37)35-41(39,40)28-14-10-23(11-15-28)20-36(5)6/h7-11,14-18,21-22,27H,12-13,19-20H2,1-6H3,(H,34,38)(H,35,37). The van der Waals surface area contributed by atoms with Gasteiger partial charge >= 0.3 is 0 Å². The number of amides is 2. The van der Waals surface area contributed by atoms with E-state index in [0.717, 1.165) is 46.2 Å². The van der Waals surface area contributed by atoms with Crippen LogP contribution in [0.2, 0.25) is 0 Å². The fourth-order valence-corrected chi connectivity index (χ4v) is 5.98. The number of hydrogen-bond donors (Lipinski definition) is 2. The summed E-state index contributed by atoms with van der Waals surface area (Å²) >= 11 is 0. The molecule has 3 aromatic rings. The maximum Gasteiger partial charge on any atom is 0.264 e. The molecular formula is C33H41N3O4S. The summed E-state index contributed by atoms with van der Waals surface area (Å²) in [6, 6.07) is 18.6. The van der Waals surface area contributed by atoms with Crippen molar-refractivity contribution in [3.8, 4) is 11.1 Å². The van der Waals surface area contributed by atoms with Crippen molar-refractivity contribution >= 4 is 21.8 Å². The molecule has 0 spiro atoms. The van der Waals surface area contributed by atoms with Gasteiger partial charge in [0, 0.05) is 18.2 Å². The van der Waals surface area contributed by atoms with Gasteiger partial charge in [-0.15, -0.1) is 0 Å². The summed E-state index contributed by atoms with van der Waals surface area (Å²) in [4.78, 5) is 27.9. The molecule has 2 amide bonds. The zero-order chi connectivity index (χ0) is 29.9. The first-order chi connectivity index (χ1) is 19.3. The number of carbonyl (C=O) groups is 2. The van der Waals surface area contributed by atoms with Crippen molar-refractivity contribution in [2.75, 3.05) is 14.1 Å². The van der Waals surface area contributed by atoms with Gasteiger partial charge in [-0.2, -0.15) is 0 Å². The van der Waals surface area contributed by atoms with Crippen LogP contribution in [0, 0.1) is 0 Å². The van der Waals surface area contributed by atoms with E-state index < -0.39 is 15.9 Å². The minimum absolute atomic E-state index is 0.0525. The molecule has 1 aliphatic rings. The maximum absolute atomic E-state index is 13.2. The molecule has 0 aromatic heterocycles. The Labute approximate surface area is 244 Å². The molecule has 0 atom stereocenters. The summed E-state index contributed by atoms with van der Waals surface area (Å²) in [7, 11) is -0.122. The average molecular weight is 576 g/mol. The van der Waals surface area contributed by atoms with E-state index in [1.807, 2.05) is 43.3 Å². The topological polar surface area (TPSA) is 95.6 Å². The molecule has 8 heteroatoms. The van der Waals surface area contributed by atoms with E-state index in [2.05, 4.69) is 49.9 Å². The van der Waals surface area contributed by atoms with E-state index in [1.165, 1.54) is 12.1 Å². The number of nitrogens with one attached hydrogen (secondary N) is 2. The second-order valence-corrected chi connectivity index (χ2v) is 13.5. The fourth-order valence-electron chi connectivity index (χ4n) is 5.00. The monoisotopic (exact) mass is 575 g/mol. The molecule has 0 heterocycles. The first-order valence-corrected chi connectivity index (χ1v) is 15.7. The van der Waals surface area contributed by atoms with Gasteiger partial charge in [0.2, 0.25) is 5.91 Å². The summed E-state index contributed by atoms with van der Waals surface area (Å²) < 4.78 is 28.3. The lowest BCUT2D eigenvalue weighted by atomic mass is 9.84. The number of benzene rings is 3. The molecule has 0 unspecified atom stereocenters. The largest absolute Gasteiger partial charge is 0.349 e. The fraction of sp³-hybridized carbons (Fsp3) is 0.394. The number of carbonyl (C=O) groups excluding carboxylic acids is 2. The minimum atomic E-state index is -4.01. The van der Waals surface area contributed by atoms with Crippen LogP contribution in [0.5, 0.6) is 0 Å². The van der Waals surface area contributed by atoms with Crippen molar-refractivity contribution in [1.29, 1.82) is 0 Å². The van der Waals surface area contributed by atoms with Crippen LogP contribution in [0.15, 0.2) is 65.6 Å². The molecule has 1 saturated carbocycles. The SMILES string of the molecule is CC(C)c1cc(-c2cccc(C(=O)NC3CC3)c2)cc(C(C)C)c1CC(=O)NS(=O)(=O)c1ccc(CN(C)C)cc1. The summed E-state index contributed by atoms with van der Waals surface area (Å²) in [5.41, 5.74) is 6.31. The molecule has 0 radical (unpaired) electrons. The van der Waals surface area contributed by atoms with Gasteiger partial charge in [-0.1, -0.05) is 64.1 Å². The molecule has 1 fully saturated rings. The molecule has 4 rings (SSSR count). The maximum atomic E-state index is 13.2. The summed E-state index contributed by atoms with van der Waals surface area (Å²) in [6.07, 6.45) is 2.00. The predicted molar refractivity (Wildman–Crippen MR) is 163 cm³/mol. The number of sulfonamides is 1. The van der Waals surface area contributed by atoms with Crippen molar-refractivity contribution < 1.29 is 18.0 Å². The zero-order valence-electron chi connectivity index (χ0n) is 24.8. The highest BCUT2D eigenvalue weighted by molar-refractivity contribution is 7.90. The third-order valence-electron chi connectivity index (χ3n) is 7.25. The molecule has 1 aliphatic carbocycles. The molecular weight excluding hydrogens is 534 g/mol. The Balaban J connectivity index is 1.61. The van der Waals surface area contributed by atoms with Crippen LogP contribution in [0.4, 0.5) is 0 Å². The second kappa shape index (κ2) is 12.6. The Morgan fingerprint density at radius 3 is 2.02 bits per heavy atom. The van der Waals surface area contributed by atoms with E-state index in [1.54, 1.807) is 12.1 Å². The van der Waals surface area contributed by atoms with Gasteiger partial charge in [-0.3, -0.25) is 9.59 Å². The minimum Gasteiger partial charge on any atom is -0.349 e. The Morgan fingerprint density at radius 1 is 0.878 bits per heavy atom. The Morgan fingerprint density at radius 2 is 1.49 bits per heavy atom. The van der Waals surface area contributed by atoms with Gasteiger partial charge in [0.15, 0.2) is 0 Å². The first kappa shape index (κ1) is 30.5. The van der Waals surface area contributed by atoms with Gasteiger partial charge in [-0.25, -0.2) is 13.1 Å². The second-order valence-electron chi connectivity index (χ2n) is 11.9. The third kappa shape index (κ3) is 7.83. The Hall–Kier alpha value is -3.49. The molecule has 218 valence electrons. The van der Waals surface area contributed by atoms with Crippen molar-refractivity contribution in [2.24, 2.45) is 0 Å². The van der Waals surface area contributed by atoms with E-state index in [-0.39, 0.29) is 35.1 Å². The van der Waals surface area contributed by atoms with Crippen molar-refractivity contribution in [2.45, 2.75) is 76.3 Å². The lowest BCUT2D eigenvalue weighted by Gasteiger charge is -2.22. The molecule has 0 saturated heterocycles. The smallest absolute Gasteiger partial charge is 0.264 e. The number of rotatable bonds is 11. The predicted octanol–water partition coefficient (Wildman–Crippen LogP) is 5.60.